The maximum atomic E-state index is 12.5. The first-order chi connectivity index (χ1) is 12.0. The molecule has 1 aliphatic heterocycles. The monoisotopic (exact) mass is 388 g/mol. The molecule has 0 spiro atoms. The number of anilines is 1. The summed E-state index contributed by atoms with van der Waals surface area (Å²) in [5, 5.41) is 3.37. The lowest BCUT2D eigenvalue weighted by Crippen LogP contribution is -2.36. The van der Waals surface area contributed by atoms with Gasteiger partial charge in [0.05, 0.1) is 4.91 Å². The van der Waals surface area contributed by atoms with Crippen molar-refractivity contribution in [3.63, 3.8) is 0 Å². The van der Waals surface area contributed by atoms with Crippen molar-refractivity contribution in [1.29, 1.82) is 0 Å². The third-order valence-electron chi connectivity index (χ3n) is 3.40. The topological polar surface area (TPSA) is 49.4 Å². The minimum atomic E-state index is -0.296. The van der Waals surface area contributed by atoms with E-state index < -0.39 is 0 Å². The molecule has 3 rings (SSSR count). The second-order valence-corrected chi connectivity index (χ2v) is 7.35. The number of hydrogen-bond acceptors (Lipinski definition) is 4. The Bertz CT molecular complexity index is 851. The molecule has 1 N–H and O–H groups in total. The van der Waals surface area contributed by atoms with E-state index in [0.29, 0.717) is 19.9 Å². The fourth-order valence-corrected chi connectivity index (χ4v) is 3.59. The molecule has 2 aromatic carbocycles. The predicted octanol–water partition coefficient (Wildman–Crippen LogP) is 4.18. The summed E-state index contributed by atoms with van der Waals surface area (Å²) < 4.78 is 0.369. The Morgan fingerprint density at radius 3 is 2.52 bits per heavy atom. The molecule has 1 aliphatic rings. The minimum absolute atomic E-state index is 0.114. The van der Waals surface area contributed by atoms with Crippen LogP contribution in [0.2, 0.25) is 5.02 Å². The van der Waals surface area contributed by atoms with Gasteiger partial charge in [0.25, 0.3) is 5.91 Å². The van der Waals surface area contributed by atoms with Crippen LogP contribution in [0.15, 0.2) is 59.5 Å². The molecular formula is C18H13ClN2O2S2. The Hall–Kier alpha value is -2.15. The van der Waals surface area contributed by atoms with Gasteiger partial charge in [0, 0.05) is 10.7 Å². The van der Waals surface area contributed by atoms with Crippen LogP contribution in [0.5, 0.6) is 0 Å². The van der Waals surface area contributed by atoms with Crippen LogP contribution in [0.1, 0.15) is 5.56 Å². The van der Waals surface area contributed by atoms with E-state index in [0.717, 1.165) is 5.56 Å². The number of rotatable bonds is 4. The Labute approximate surface area is 159 Å². The Kier molecular flexibility index (Phi) is 5.53. The zero-order valence-corrected chi connectivity index (χ0v) is 15.3. The first-order valence-corrected chi connectivity index (χ1v) is 8.99. The Morgan fingerprint density at radius 1 is 1.16 bits per heavy atom. The third-order valence-corrected chi connectivity index (χ3v) is 5.03. The average molecular weight is 389 g/mol. The fraction of sp³-hybridized carbons (Fsp3) is 0.0556. The first-order valence-electron chi connectivity index (χ1n) is 7.39. The summed E-state index contributed by atoms with van der Waals surface area (Å²) in [5.74, 6) is -0.566. The van der Waals surface area contributed by atoms with E-state index in [1.807, 2.05) is 30.3 Å². The van der Waals surface area contributed by atoms with Gasteiger partial charge < -0.3 is 5.32 Å². The number of nitrogens with zero attached hydrogens (tertiary/aromatic N) is 1. The molecule has 1 saturated heterocycles. The van der Waals surface area contributed by atoms with Gasteiger partial charge in [-0.15, -0.1) is 0 Å². The van der Waals surface area contributed by atoms with E-state index >= 15 is 0 Å². The normalized spacial score (nSPS) is 15.7. The second kappa shape index (κ2) is 7.82. The first kappa shape index (κ1) is 17.7. The lowest BCUT2D eigenvalue weighted by atomic mass is 10.2. The maximum Gasteiger partial charge on any atom is 0.266 e. The van der Waals surface area contributed by atoms with E-state index in [-0.39, 0.29) is 18.4 Å². The Morgan fingerprint density at radius 2 is 1.84 bits per heavy atom. The van der Waals surface area contributed by atoms with Crippen LogP contribution in [-0.2, 0) is 9.59 Å². The number of nitrogens with one attached hydrogen (secondary N) is 1. The van der Waals surface area contributed by atoms with Crippen LogP contribution in [-0.4, -0.2) is 27.6 Å². The van der Waals surface area contributed by atoms with Gasteiger partial charge in [-0.2, -0.15) is 0 Å². The van der Waals surface area contributed by atoms with Gasteiger partial charge in [-0.3, -0.25) is 14.5 Å². The van der Waals surface area contributed by atoms with E-state index in [4.69, 9.17) is 23.8 Å². The molecule has 0 aromatic heterocycles. The highest BCUT2D eigenvalue weighted by Gasteiger charge is 2.33. The quantitative estimate of drug-likeness (QED) is 0.630. The minimum Gasteiger partial charge on any atom is -0.325 e. The largest absolute Gasteiger partial charge is 0.325 e. The highest BCUT2D eigenvalue weighted by atomic mass is 35.5. The molecule has 0 unspecified atom stereocenters. The van der Waals surface area contributed by atoms with Crippen LogP contribution >= 0.6 is 35.6 Å². The van der Waals surface area contributed by atoms with Crippen molar-refractivity contribution >= 4 is 63.5 Å². The average Bonchev–Trinajstić information content (AvgIpc) is 2.85. The summed E-state index contributed by atoms with van der Waals surface area (Å²) in [6.45, 7) is -0.114. The van der Waals surface area contributed by atoms with E-state index in [2.05, 4.69) is 5.32 Å². The van der Waals surface area contributed by atoms with Crippen molar-refractivity contribution in [2.45, 2.75) is 0 Å². The Balaban J connectivity index is 1.69. The van der Waals surface area contributed by atoms with E-state index in [9.17, 15) is 9.59 Å². The molecule has 1 heterocycles. The zero-order valence-electron chi connectivity index (χ0n) is 12.9. The summed E-state index contributed by atoms with van der Waals surface area (Å²) in [5.41, 5.74) is 1.52. The summed E-state index contributed by atoms with van der Waals surface area (Å²) in [7, 11) is 0. The second-order valence-electron chi connectivity index (χ2n) is 5.23. The van der Waals surface area contributed by atoms with E-state index in [1.54, 1.807) is 30.3 Å². The molecule has 7 heteroatoms. The summed E-state index contributed by atoms with van der Waals surface area (Å²) >= 11 is 12.3. The fourth-order valence-electron chi connectivity index (χ4n) is 2.21. The number of thiocarbonyl (C=S) groups is 1. The number of halogens is 1. The number of para-hydroxylation sites is 1. The standard InChI is InChI=1S/C18H13ClN2O2S2/c19-13-8-6-12(7-9-13)10-15-17(23)21(18(24)25-15)11-16(22)20-14-4-2-1-3-5-14/h1-10H,11H2,(H,20,22)/b15-10-. The van der Waals surface area contributed by atoms with Crippen LogP contribution in [0.25, 0.3) is 6.08 Å². The van der Waals surface area contributed by atoms with Crippen molar-refractivity contribution in [1.82, 2.24) is 4.90 Å². The van der Waals surface area contributed by atoms with E-state index in [1.165, 1.54) is 16.7 Å². The van der Waals surface area contributed by atoms with Crippen molar-refractivity contribution in [2.75, 3.05) is 11.9 Å². The number of thioether (sulfide) groups is 1. The van der Waals surface area contributed by atoms with Crippen LogP contribution in [0, 0.1) is 0 Å². The smallest absolute Gasteiger partial charge is 0.266 e. The van der Waals surface area contributed by atoms with Gasteiger partial charge in [-0.05, 0) is 35.9 Å². The molecule has 2 amide bonds. The molecule has 0 saturated carbocycles. The predicted molar refractivity (Wildman–Crippen MR) is 106 cm³/mol. The van der Waals surface area contributed by atoms with Gasteiger partial charge in [-0.25, -0.2) is 0 Å². The van der Waals surface area contributed by atoms with Gasteiger partial charge >= 0.3 is 0 Å². The highest BCUT2D eigenvalue weighted by Crippen LogP contribution is 2.32. The number of amides is 2. The van der Waals surface area contributed by atoms with Gasteiger partial charge in [0.2, 0.25) is 5.91 Å². The van der Waals surface area contributed by atoms with Crippen molar-refractivity contribution in [2.24, 2.45) is 0 Å². The highest BCUT2D eigenvalue weighted by molar-refractivity contribution is 8.26. The molecule has 2 aromatic rings. The lowest BCUT2D eigenvalue weighted by Gasteiger charge is -2.14. The molecule has 0 radical (unpaired) electrons. The number of carbonyl (C=O) groups is 2. The summed E-state index contributed by atoms with van der Waals surface area (Å²) in [6, 6.07) is 16.2. The number of carbonyl (C=O) groups excluding carboxylic acids is 2. The molecule has 126 valence electrons. The molecule has 0 bridgehead atoms. The van der Waals surface area contributed by atoms with Crippen molar-refractivity contribution in [3.8, 4) is 0 Å². The lowest BCUT2D eigenvalue weighted by molar-refractivity contribution is -0.126. The van der Waals surface area contributed by atoms with Crippen LogP contribution < -0.4 is 5.32 Å². The van der Waals surface area contributed by atoms with Crippen LogP contribution in [0.4, 0.5) is 5.69 Å². The molecule has 1 fully saturated rings. The van der Waals surface area contributed by atoms with Crippen molar-refractivity contribution < 1.29 is 9.59 Å². The molecule has 4 nitrogen and oxygen atoms in total. The third kappa shape index (κ3) is 4.48. The number of hydrogen-bond donors (Lipinski definition) is 1. The number of benzene rings is 2. The van der Waals surface area contributed by atoms with Gasteiger partial charge in [-0.1, -0.05) is 65.9 Å². The van der Waals surface area contributed by atoms with Gasteiger partial charge in [0.1, 0.15) is 10.9 Å². The van der Waals surface area contributed by atoms with Crippen molar-refractivity contribution in [3.05, 3.63) is 70.1 Å². The molecular weight excluding hydrogens is 376 g/mol. The molecule has 0 aliphatic carbocycles. The van der Waals surface area contributed by atoms with Gasteiger partial charge in [0.15, 0.2) is 0 Å². The molecule has 25 heavy (non-hydrogen) atoms. The SMILES string of the molecule is O=C(CN1C(=O)/C(=C/c2ccc(Cl)cc2)SC1=S)Nc1ccccc1. The van der Waals surface area contributed by atoms with Crippen LogP contribution in [0.3, 0.4) is 0 Å². The molecule has 0 atom stereocenters. The summed E-state index contributed by atoms with van der Waals surface area (Å²) in [6.07, 6.45) is 1.74. The summed E-state index contributed by atoms with van der Waals surface area (Å²) in [4.78, 5) is 26.5. The zero-order chi connectivity index (χ0) is 17.8. The maximum absolute atomic E-state index is 12.5.